The maximum Gasteiger partial charge on any atom is 0.274 e. The van der Waals surface area contributed by atoms with Crippen LogP contribution in [0, 0.1) is 5.82 Å². The lowest BCUT2D eigenvalue weighted by Crippen LogP contribution is -2.46. The molecule has 10 heteroatoms. The van der Waals surface area contributed by atoms with Crippen molar-refractivity contribution < 1.29 is 18.9 Å². The molecule has 2 aromatic heterocycles. The number of rotatable bonds is 6. The summed E-state index contributed by atoms with van der Waals surface area (Å²) >= 11 is 0. The number of aryl methyl sites for hydroxylation is 1. The number of hydrogen-bond acceptors (Lipinski definition) is 6. The number of hydrogen-bond donors (Lipinski definition) is 2. The maximum atomic E-state index is 13.3. The van der Waals surface area contributed by atoms with Crippen molar-refractivity contribution in [1.82, 2.24) is 14.5 Å². The predicted octanol–water partition coefficient (Wildman–Crippen LogP) is 2.52. The number of nitrogens with two attached hydrogens (primary N) is 1. The summed E-state index contributed by atoms with van der Waals surface area (Å²) in [6.07, 6.45) is 3.13. The van der Waals surface area contributed by atoms with Gasteiger partial charge in [-0.2, -0.15) is 5.10 Å². The molecule has 4 rings (SSSR count). The summed E-state index contributed by atoms with van der Waals surface area (Å²) in [6.45, 7) is 4.71. The third kappa shape index (κ3) is 4.64. The van der Waals surface area contributed by atoms with Crippen LogP contribution in [0.2, 0.25) is 0 Å². The Morgan fingerprint density at radius 2 is 1.91 bits per heavy atom. The number of halogens is 1. The Balaban J connectivity index is 1.72. The number of aromatic hydroxyl groups is 1. The first-order valence-electron chi connectivity index (χ1n) is 10.7. The number of fused-ring (bicyclic) bond motifs is 2. The SMILES string of the molecule is CP(C)(=O)CCc1ccnc2c(O)c3n(/c(=N\N)c12)CCN(CCc1ccc(F)cc1)C3=O. The molecule has 3 heterocycles. The van der Waals surface area contributed by atoms with Crippen molar-refractivity contribution in [3.8, 4) is 5.75 Å². The topological polar surface area (TPSA) is 114 Å². The van der Waals surface area contributed by atoms with Gasteiger partial charge in [0.15, 0.2) is 16.9 Å². The van der Waals surface area contributed by atoms with Crippen LogP contribution in [0.5, 0.6) is 5.75 Å². The van der Waals surface area contributed by atoms with Gasteiger partial charge in [0.25, 0.3) is 5.91 Å². The highest BCUT2D eigenvalue weighted by molar-refractivity contribution is 7.62. The second-order valence-electron chi connectivity index (χ2n) is 8.71. The van der Waals surface area contributed by atoms with Crippen LogP contribution >= 0.6 is 7.14 Å². The molecule has 1 aliphatic rings. The van der Waals surface area contributed by atoms with Crippen LogP contribution < -0.4 is 11.3 Å². The Labute approximate surface area is 190 Å². The second kappa shape index (κ2) is 8.98. The van der Waals surface area contributed by atoms with E-state index in [1.165, 1.54) is 12.1 Å². The number of pyridine rings is 2. The van der Waals surface area contributed by atoms with Crippen LogP contribution in [-0.2, 0) is 24.0 Å². The summed E-state index contributed by atoms with van der Waals surface area (Å²) < 4.78 is 27.0. The lowest BCUT2D eigenvalue weighted by Gasteiger charge is -2.31. The molecule has 0 aliphatic carbocycles. The highest BCUT2D eigenvalue weighted by atomic mass is 31.2. The molecule has 0 saturated heterocycles. The summed E-state index contributed by atoms with van der Waals surface area (Å²) in [7, 11) is -2.25. The van der Waals surface area contributed by atoms with E-state index in [9.17, 15) is 18.9 Å². The Kier molecular flexibility index (Phi) is 6.26. The van der Waals surface area contributed by atoms with E-state index in [2.05, 4.69) is 10.1 Å². The fourth-order valence-electron chi connectivity index (χ4n) is 4.18. The van der Waals surface area contributed by atoms with Crippen LogP contribution in [0.25, 0.3) is 10.9 Å². The van der Waals surface area contributed by atoms with E-state index in [1.54, 1.807) is 47.2 Å². The van der Waals surface area contributed by atoms with E-state index in [1.807, 2.05) is 0 Å². The molecule has 0 fully saturated rings. The summed E-state index contributed by atoms with van der Waals surface area (Å²) in [4.78, 5) is 19.3. The maximum absolute atomic E-state index is 13.3. The molecule has 0 bridgehead atoms. The molecule has 0 atom stereocenters. The summed E-state index contributed by atoms with van der Waals surface area (Å²) in [5.74, 6) is 4.89. The number of nitrogens with zero attached hydrogens (tertiary/aromatic N) is 4. The van der Waals surface area contributed by atoms with Crippen LogP contribution in [0.4, 0.5) is 4.39 Å². The molecule has 0 unspecified atom stereocenters. The quantitative estimate of drug-likeness (QED) is 0.326. The predicted molar refractivity (Wildman–Crippen MR) is 125 cm³/mol. The highest BCUT2D eigenvalue weighted by Crippen LogP contribution is 2.37. The second-order valence-corrected chi connectivity index (χ2v) is 12.3. The molecule has 1 aromatic carbocycles. The van der Waals surface area contributed by atoms with Gasteiger partial charge in [0, 0.05) is 32.0 Å². The van der Waals surface area contributed by atoms with Gasteiger partial charge in [-0.15, -0.1) is 0 Å². The first kappa shape index (κ1) is 23.0. The normalized spacial score (nSPS) is 14.7. The van der Waals surface area contributed by atoms with Crippen molar-refractivity contribution >= 4 is 24.0 Å². The Morgan fingerprint density at radius 1 is 1.18 bits per heavy atom. The monoisotopic (exact) mass is 471 g/mol. The van der Waals surface area contributed by atoms with Gasteiger partial charge in [-0.25, -0.2) is 4.39 Å². The minimum absolute atomic E-state index is 0.0957. The van der Waals surface area contributed by atoms with Gasteiger partial charge in [0.05, 0.1) is 12.5 Å². The summed E-state index contributed by atoms with van der Waals surface area (Å²) in [5.41, 5.74) is 2.45. The zero-order valence-electron chi connectivity index (χ0n) is 18.7. The Morgan fingerprint density at radius 3 is 2.58 bits per heavy atom. The number of carbonyl (C=O) groups is 1. The molecule has 0 spiro atoms. The average Bonchev–Trinajstić information content (AvgIpc) is 2.78. The molecular formula is C23H27FN5O3P. The summed E-state index contributed by atoms with van der Waals surface area (Å²) in [6, 6.07) is 7.98. The fourth-order valence-corrected chi connectivity index (χ4v) is 4.96. The van der Waals surface area contributed by atoms with E-state index < -0.39 is 7.14 Å². The van der Waals surface area contributed by atoms with Gasteiger partial charge < -0.3 is 25.0 Å². The van der Waals surface area contributed by atoms with E-state index in [-0.39, 0.29) is 28.7 Å². The molecule has 1 amide bonds. The standard InChI is InChI=1S/C23H27FN5O3P/c1-33(2,32)14-9-16-7-10-26-19-18(16)22(27-25)29-13-12-28(23(31)20(29)21(19)30)11-8-15-3-5-17(24)6-4-15/h3-7,10,30H,8-9,11-14,25H2,1-2H3/b27-22-. The lowest BCUT2D eigenvalue weighted by molar-refractivity contribution is 0.0698. The number of benzene rings is 1. The molecule has 33 heavy (non-hydrogen) atoms. The molecule has 3 N–H and O–H groups in total. The third-order valence-electron chi connectivity index (χ3n) is 5.94. The largest absolute Gasteiger partial charge is 0.504 e. The van der Waals surface area contributed by atoms with Crippen molar-refractivity contribution in [2.75, 3.05) is 32.6 Å². The van der Waals surface area contributed by atoms with Crippen molar-refractivity contribution in [2.24, 2.45) is 10.9 Å². The van der Waals surface area contributed by atoms with Crippen LogP contribution in [0.15, 0.2) is 41.6 Å². The zero-order valence-corrected chi connectivity index (χ0v) is 19.6. The lowest BCUT2D eigenvalue weighted by atomic mass is 10.0. The molecular weight excluding hydrogens is 444 g/mol. The van der Waals surface area contributed by atoms with Gasteiger partial charge >= 0.3 is 0 Å². The van der Waals surface area contributed by atoms with Gasteiger partial charge in [0.2, 0.25) is 0 Å². The van der Waals surface area contributed by atoms with E-state index in [0.717, 1.165) is 11.1 Å². The zero-order chi connectivity index (χ0) is 23.8. The number of carbonyl (C=O) groups excluding carboxylic acids is 1. The molecule has 8 nitrogen and oxygen atoms in total. The molecule has 1 aliphatic heterocycles. The third-order valence-corrected chi connectivity index (χ3v) is 7.24. The number of aromatic nitrogens is 2. The van der Waals surface area contributed by atoms with Gasteiger partial charge in [-0.3, -0.25) is 9.78 Å². The fraction of sp³-hybridized carbons (Fsp3) is 0.348. The molecule has 3 aromatic rings. The molecule has 0 radical (unpaired) electrons. The Hall–Kier alpha value is -3.19. The van der Waals surface area contributed by atoms with Crippen LogP contribution in [-0.4, -0.2) is 58.0 Å². The first-order chi connectivity index (χ1) is 15.7. The minimum atomic E-state index is -2.25. The van der Waals surface area contributed by atoms with Crippen molar-refractivity contribution in [3.05, 3.63) is 64.7 Å². The molecule has 174 valence electrons. The highest BCUT2D eigenvalue weighted by Gasteiger charge is 2.30. The van der Waals surface area contributed by atoms with Gasteiger partial charge in [-0.1, -0.05) is 12.1 Å². The Bertz CT molecular complexity index is 1330. The van der Waals surface area contributed by atoms with Crippen LogP contribution in [0.1, 0.15) is 21.6 Å². The van der Waals surface area contributed by atoms with Crippen molar-refractivity contribution in [3.63, 3.8) is 0 Å². The van der Waals surface area contributed by atoms with Crippen molar-refractivity contribution in [2.45, 2.75) is 19.4 Å². The van der Waals surface area contributed by atoms with E-state index in [0.29, 0.717) is 49.5 Å². The van der Waals surface area contributed by atoms with Crippen LogP contribution in [0.3, 0.4) is 0 Å². The number of amides is 1. The van der Waals surface area contributed by atoms with Gasteiger partial charge in [0.1, 0.15) is 11.3 Å². The van der Waals surface area contributed by atoms with Gasteiger partial charge in [-0.05, 0) is 55.5 Å². The molecule has 0 saturated carbocycles. The van der Waals surface area contributed by atoms with E-state index >= 15 is 0 Å². The smallest absolute Gasteiger partial charge is 0.274 e. The first-order valence-corrected chi connectivity index (χ1v) is 13.5. The minimum Gasteiger partial charge on any atom is -0.504 e. The summed E-state index contributed by atoms with van der Waals surface area (Å²) in [5, 5.41) is 15.6. The van der Waals surface area contributed by atoms with E-state index in [4.69, 9.17) is 5.84 Å². The average molecular weight is 471 g/mol. The van der Waals surface area contributed by atoms with Crippen molar-refractivity contribution in [1.29, 1.82) is 0 Å².